The van der Waals surface area contributed by atoms with Gasteiger partial charge in [-0.05, 0) is 59.6 Å². The number of nitrogens with one attached hydrogen (secondary N) is 1. The summed E-state index contributed by atoms with van der Waals surface area (Å²) in [5, 5.41) is 3.32. The monoisotopic (exact) mass is 321 g/mol. The van der Waals surface area contributed by atoms with Gasteiger partial charge in [-0.25, -0.2) is 4.39 Å². The van der Waals surface area contributed by atoms with Crippen LogP contribution in [0.4, 0.5) is 4.39 Å². The molecule has 2 rings (SSSR count). The summed E-state index contributed by atoms with van der Waals surface area (Å²) < 4.78 is 13.7. The Bertz CT molecular complexity index is 568. The molecule has 0 radical (unpaired) electrons. The van der Waals surface area contributed by atoms with E-state index in [4.69, 9.17) is 0 Å². The molecule has 0 heterocycles. The van der Waals surface area contributed by atoms with Crippen LogP contribution in [0.3, 0.4) is 0 Å². The van der Waals surface area contributed by atoms with E-state index in [0.29, 0.717) is 4.47 Å². The topological polar surface area (TPSA) is 12.0 Å². The molecule has 0 bridgehead atoms. The molecule has 1 nitrogen and oxygen atoms in total. The molecule has 1 atom stereocenters. The summed E-state index contributed by atoms with van der Waals surface area (Å²) in [7, 11) is 1.95. The van der Waals surface area contributed by atoms with Gasteiger partial charge in [0.25, 0.3) is 0 Å². The maximum Gasteiger partial charge on any atom is 0.137 e. The molecule has 2 aromatic carbocycles. The number of aryl methyl sites for hydroxylation is 1. The van der Waals surface area contributed by atoms with Crippen LogP contribution in [0.1, 0.15) is 22.7 Å². The van der Waals surface area contributed by atoms with Gasteiger partial charge in [-0.3, -0.25) is 0 Å². The summed E-state index contributed by atoms with van der Waals surface area (Å²) in [5.74, 6) is -0.222. The first-order chi connectivity index (χ1) is 9.10. The minimum absolute atomic E-state index is 0.222. The maximum atomic E-state index is 13.2. The number of halogens is 2. The number of hydrogen-bond donors (Lipinski definition) is 1. The molecule has 19 heavy (non-hydrogen) atoms. The highest BCUT2D eigenvalue weighted by Crippen LogP contribution is 2.22. The van der Waals surface area contributed by atoms with E-state index in [-0.39, 0.29) is 11.9 Å². The summed E-state index contributed by atoms with van der Waals surface area (Å²) in [6.45, 7) is 2.09. The lowest BCUT2D eigenvalue weighted by molar-refractivity contribution is 0.587. The van der Waals surface area contributed by atoms with E-state index in [1.807, 2.05) is 19.2 Å². The zero-order valence-corrected chi connectivity index (χ0v) is 12.7. The standard InChI is InChI=1S/C16H17BrFN/c1-11-4-3-5-13(8-11)16(19-2)10-12-6-7-15(18)14(17)9-12/h3-9,16,19H,10H2,1-2H3. The fraction of sp³-hybridized carbons (Fsp3) is 0.250. The van der Waals surface area contributed by atoms with Crippen LogP contribution in [0.5, 0.6) is 0 Å². The van der Waals surface area contributed by atoms with Crippen molar-refractivity contribution in [3.05, 3.63) is 69.4 Å². The van der Waals surface area contributed by atoms with Crippen molar-refractivity contribution in [1.82, 2.24) is 5.32 Å². The van der Waals surface area contributed by atoms with E-state index in [2.05, 4.69) is 52.4 Å². The molecular weight excluding hydrogens is 305 g/mol. The SMILES string of the molecule is CNC(Cc1ccc(F)c(Br)c1)c1cccc(C)c1. The van der Waals surface area contributed by atoms with Crippen molar-refractivity contribution in [2.45, 2.75) is 19.4 Å². The lowest BCUT2D eigenvalue weighted by Crippen LogP contribution is -2.18. The third-order valence-electron chi connectivity index (χ3n) is 3.22. The second-order valence-corrected chi connectivity index (χ2v) is 5.56. The quantitative estimate of drug-likeness (QED) is 0.880. The largest absolute Gasteiger partial charge is 0.313 e. The van der Waals surface area contributed by atoms with Gasteiger partial charge in [0.2, 0.25) is 0 Å². The van der Waals surface area contributed by atoms with Gasteiger partial charge < -0.3 is 5.32 Å². The molecular formula is C16H17BrFN. The zero-order chi connectivity index (χ0) is 13.8. The number of hydrogen-bond acceptors (Lipinski definition) is 1. The highest BCUT2D eigenvalue weighted by molar-refractivity contribution is 9.10. The van der Waals surface area contributed by atoms with Crippen LogP contribution in [0.2, 0.25) is 0 Å². The predicted molar refractivity (Wildman–Crippen MR) is 80.8 cm³/mol. The average molecular weight is 322 g/mol. The predicted octanol–water partition coefficient (Wildman–Crippen LogP) is 4.40. The van der Waals surface area contributed by atoms with Crippen molar-refractivity contribution in [3.63, 3.8) is 0 Å². The molecule has 0 saturated heterocycles. The second-order valence-electron chi connectivity index (χ2n) is 4.71. The first kappa shape index (κ1) is 14.2. The first-order valence-corrected chi connectivity index (χ1v) is 7.07. The van der Waals surface area contributed by atoms with Crippen LogP contribution in [0, 0.1) is 12.7 Å². The van der Waals surface area contributed by atoms with Gasteiger partial charge in [0.15, 0.2) is 0 Å². The van der Waals surface area contributed by atoms with Crippen molar-refractivity contribution in [1.29, 1.82) is 0 Å². The van der Waals surface area contributed by atoms with Gasteiger partial charge in [-0.1, -0.05) is 35.9 Å². The van der Waals surface area contributed by atoms with Crippen LogP contribution < -0.4 is 5.32 Å². The maximum absolute atomic E-state index is 13.2. The molecule has 0 aliphatic carbocycles. The lowest BCUT2D eigenvalue weighted by Gasteiger charge is -2.17. The summed E-state index contributed by atoms with van der Waals surface area (Å²) in [4.78, 5) is 0. The van der Waals surface area contributed by atoms with E-state index in [1.165, 1.54) is 17.2 Å². The molecule has 1 unspecified atom stereocenters. The molecule has 100 valence electrons. The molecule has 0 amide bonds. The highest BCUT2D eigenvalue weighted by atomic mass is 79.9. The Morgan fingerprint density at radius 1 is 1.21 bits per heavy atom. The zero-order valence-electron chi connectivity index (χ0n) is 11.1. The third kappa shape index (κ3) is 3.64. The fourth-order valence-electron chi connectivity index (χ4n) is 2.18. The molecule has 0 aromatic heterocycles. The molecule has 3 heteroatoms. The van der Waals surface area contributed by atoms with Crippen LogP contribution >= 0.6 is 15.9 Å². The van der Waals surface area contributed by atoms with E-state index < -0.39 is 0 Å². The second kappa shape index (κ2) is 6.31. The minimum Gasteiger partial charge on any atom is -0.313 e. The summed E-state index contributed by atoms with van der Waals surface area (Å²) in [5.41, 5.74) is 3.61. The Labute approximate surface area is 122 Å². The van der Waals surface area contributed by atoms with Crippen LogP contribution in [-0.4, -0.2) is 7.05 Å². The van der Waals surface area contributed by atoms with E-state index in [1.54, 1.807) is 0 Å². The summed E-state index contributed by atoms with van der Waals surface area (Å²) in [6, 6.07) is 13.9. The Morgan fingerprint density at radius 3 is 2.63 bits per heavy atom. The Balaban J connectivity index is 2.21. The minimum atomic E-state index is -0.222. The first-order valence-electron chi connectivity index (χ1n) is 6.28. The van der Waals surface area contributed by atoms with Gasteiger partial charge >= 0.3 is 0 Å². The van der Waals surface area contributed by atoms with E-state index in [0.717, 1.165) is 12.0 Å². The van der Waals surface area contributed by atoms with Crippen molar-refractivity contribution >= 4 is 15.9 Å². The molecule has 0 saturated carbocycles. The third-order valence-corrected chi connectivity index (χ3v) is 3.82. The van der Waals surface area contributed by atoms with Gasteiger partial charge in [0.05, 0.1) is 4.47 Å². The number of rotatable bonds is 4. The van der Waals surface area contributed by atoms with Gasteiger partial charge in [0, 0.05) is 6.04 Å². The van der Waals surface area contributed by atoms with Gasteiger partial charge in [-0.15, -0.1) is 0 Å². The Morgan fingerprint density at radius 2 is 2.00 bits per heavy atom. The molecule has 2 aromatic rings. The van der Waals surface area contributed by atoms with Crippen LogP contribution in [0.25, 0.3) is 0 Å². The number of benzene rings is 2. The lowest BCUT2D eigenvalue weighted by atomic mass is 9.98. The normalized spacial score (nSPS) is 12.4. The Kier molecular flexibility index (Phi) is 4.72. The molecule has 0 aliphatic rings. The van der Waals surface area contributed by atoms with E-state index in [9.17, 15) is 4.39 Å². The van der Waals surface area contributed by atoms with Gasteiger partial charge in [-0.2, -0.15) is 0 Å². The Hall–Kier alpha value is -1.19. The fourth-order valence-corrected chi connectivity index (χ4v) is 2.60. The summed E-state index contributed by atoms with van der Waals surface area (Å²) >= 11 is 3.23. The molecule has 0 aliphatic heterocycles. The van der Waals surface area contributed by atoms with E-state index >= 15 is 0 Å². The molecule has 1 N–H and O–H groups in total. The van der Waals surface area contributed by atoms with Crippen molar-refractivity contribution in [2.24, 2.45) is 0 Å². The number of likely N-dealkylation sites (N-methyl/N-ethyl adjacent to an activating group) is 1. The van der Waals surface area contributed by atoms with Crippen LogP contribution in [-0.2, 0) is 6.42 Å². The van der Waals surface area contributed by atoms with Gasteiger partial charge in [0.1, 0.15) is 5.82 Å². The highest BCUT2D eigenvalue weighted by Gasteiger charge is 2.11. The van der Waals surface area contributed by atoms with Crippen molar-refractivity contribution < 1.29 is 4.39 Å². The summed E-state index contributed by atoms with van der Waals surface area (Å²) in [6.07, 6.45) is 0.832. The molecule has 0 spiro atoms. The average Bonchev–Trinajstić information content (AvgIpc) is 2.40. The van der Waals surface area contributed by atoms with Crippen molar-refractivity contribution in [2.75, 3.05) is 7.05 Å². The van der Waals surface area contributed by atoms with Crippen molar-refractivity contribution in [3.8, 4) is 0 Å². The van der Waals surface area contributed by atoms with Crippen LogP contribution in [0.15, 0.2) is 46.9 Å². The smallest absolute Gasteiger partial charge is 0.137 e. The molecule has 0 fully saturated rings.